The number of likely N-dealkylation sites (N-methyl/N-ethyl adjacent to an activating group) is 1. The second kappa shape index (κ2) is 7.41. The molecule has 1 amide bonds. The van der Waals surface area contributed by atoms with Crippen LogP contribution in [0.2, 0.25) is 0 Å². The smallest absolute Gasteiger partial charge is 0.246 e. The van der Waals surface area contributed by atoms with Gasteiger partial charge in [-0.2, -0.15) is 5.26 Å². The molecule has 0 aliphatic rings. The molecule has 0 radical (unpaired) electrons. The lowest BCUT2D eigenvalue weighted by atomic mass is 10.2. The maximum atomic E-state index is 11.8. The number of benzene rings is 1. The van der Waals surface area contributed by atoms with Crippen molar-refractivity contribution >= 4 is 23.3 Å². The van der Waals surface area contributed by atoms with Crippen LogP contribution in [-0.4, -0.2) is 24.4 Å². The van der Waals surface area contributed by atoms with Crippen LogP contribution < -0.4 is 0 Å². The number of rotatable bonds is 5. The molecule has 21 heavy (non-hydrogen) atoms. The van der Waals surface area contributed by atoms with E-state index in [-0.39, 0.29) is 5.91 Å². The Balaban J connectivity index is 2.01. The number of nitriles is 1. The van der Waals surface area contributed by atoms with Crippen molar-refractivity contribution in [3.63, 3.8) is 0 Å². The van der Waals surface area contributed by atoms with Gasteiger partial charge in [0, 0.05) is 29.4 Å². The van der Waals surface area contributed by atoms with E-state index in [4.69, 9.17) is 5.26 Å². The van der Waals surface area contributed by atoms with E-state index in [0.717, 1.165) is 4.88 Å². The molecule has 3 nitrogen and oxygen atoms in total. The molecule has 0 aliphatic heterocycles. The molecule has 0 N–H and O–H groups in total. The molecule has 0 saturated heterocycles. The Kier molecular flexibility index (Phi) is 5.30. The van der Waals surface area contributed by atoms with E-state index in [1.54, 1.807) is 29.4 Å². The SMILES string of the molecule is CN(CCC#N)C(=O)/C=C/c1ccc(-c2ccccc2)s1. The lowest BCUT2D eigenvalue weighted by Crippen LogP contribution is -2.25. The number of carbonyl (C=O) groups excluding carboxylic acids is 1. The summed E-state index contributed by atoms with van der Waals surface area (Å²) in [4.78, 5) is 15.6. The van der Waals surface area contributed by atoms with Gasteiger partial charge in [0.1, 0.15) is 0 Å². The summed E-state index contributed by atoms with van der Waals surface area (Å²) in [5.41, 5.74) is 1.18. The van der Waals surface area contributed by atoms with Gasteiger partial charge in [-0.1, -0.05) is 30.3 Å². The third-order valence-corrected chi connectivity index (χ3v) is 4.11. The summed E-state index contributed by atoms with van der Waals surface area (Å²) < 4.78 is 0. The summed E-state index contributed by atoms with van der Waals surface area (Å²) in [6, 6.07) is 16.3. The molecule has 0 aliphatic carbocycles. The van der Waals surface area contributed by atoms with Gasteiger partial charge in [0.15, 0.2) is 0 Å². The van der Waals surface area contributed by atoms with Crippen LogP contribution in [0.3, 0.4) is 0 Å². The van der Waals surface area contributed by atoms with Gasteiger partial charge in [-0.05, 0) is 23.8 Å². The Morgan fingerprint density at radius 1 is 1.29 bits per heavy atom. The van der Waals surface area contributed by atoms with Gasteiger partial charge in [0.25, 0.3) is 0 Å². The van der Waals surface area contributed by atoms with Crippen LogP contribution in [0.25, 0.3) is 16.5 Å². The molecular weight excluding hydrogens is 280 g/mol. The van der Waals surface area contributed by atoms with Crippen molar-refractivity contribution in [1.29, 1.82) is 5.26 Å². The average molecular weight is 296 g/mol. The monoisotopic (exact) mass is 296 g/mol. The third kappa shape index (κ3) is 4.30. The van der Waals surface area contributed by atoms with Crippen LogP contribution in [0.4, 0.5) is 0 Å². The fourth-order valence-electron chi connectivity index (χ4n) is 1.81. The first-order valence-electron chi connectivity index (χ1n) is 6.66. The maximum Gasteiger partial charge on any atom is 0.246 e. The molecule has 0 atom stereocenters. The van der Waals surface area contributed by atoms with Gasteiger partial charge in [-0.15, -0.1) is 11.3 Å². The first-order chi connectivity index (χ1) is 10.2. The quantitative estimate of drug-likeness (QED) is 0.788. The number of amides is 1. The van der Waals surface area contributed by atoms with Crippen molar-refractivity contribution in [3.8, 4) is 16.5 Å². The second-order valence-electron chi connectivity index (χ2n) is 4.57. The van der Waals surface area contributed by atoms with Crippen molar-refractivity contribution < 1.29 is 4.79 Å². The zero-order chi connectivity index (χ0) is 15.1. The van der Waals surface area contributed by atoms with Gasteiger partial charge in [-0.3, -0.25) is 4.79 Å². The van der Waals surface area contributed by atoms with Crippen molar-refractivity contribution in [3.05, 3.63) is 53.4 Å². The molecule has 1 aromatic heterocycles. The van der Waals surface area contributed by atoms with Gasteiger partial charge < -0.3 is 4.90 Å². The number of carbonyl (C=O) groups is 1. The summed E-state index contributed by atoms with van der Waals surface area (Å²) in [5.74, 6) is -0.0834. The van der Waals surface area contributed by atoms with Gasteiger partial charge in [-0.25, -0.2) is 0 Å². The topological polar surface area (TPSA) is 44.1 Å². The zero-order valence-electron chi connectivity index (χ0n) is 11.8. The van der Waals surface area contributed by atoms with Crippen LogP contribution in [0.15, 0.2) is 48.5 Å². The Morgan fingerprint density at radius 2 is 2.05 bits per heavy atom. The largest absolute Gasteiger partial charge is 0.341 e. The molecule has 106 valence electrons. The highest BCUT2D eigenvalue weighted by molar-refractivity contribution is 7.16. The number of hydrogen-bond donors (Lipinski definition) is 0. The molecule has 0 spiro atoms. The standard InChI is InChI=1S/C17H16N2OS/c1-19(13-5-12-18)17(20)11-9-15-8-10-16(21-15)14-6-3-2-4-7-14/h2-4,6-11H,5,13H2,1H3/b11-9+. The Morgan fingerprint density at radius 3 is 2.76 bits per heavy atom. The predicted molar refractivity (Wildman–Crippen MR) is 86.7 cm³/mol. The highest BCUT2D eigenvalue weighted by Gasteiger charge is 2.04. The summed E-state index contributed by atoms with van der Waals surface area (Å²) in [6.45, 7) is 0.458. The molecule has 2 rings (SSSR count). The Labute approximate surface area is 128 Å². The normalized spacial score (nSPS) is 10.5. The fourth-order valence-corrected chi connectivity index (χ4v) is 2.72. The van der Waals surface area contributed by atoms with Crippen LogP contribution in [0.5, 0.6) is 0 Å². The van der Waals surface area contributed by atoms with Gasteiger partial charge in [0.05, 0.1) is 12.5 Å². The lowest BCUT2D eigenvalue weighted by Gasteiger charge is -2.11. The average Bonchev–Trinajstić information content (AvgIpc) is 3.00. The molecular formula is C17H16N2OS. The maximum absolute atomic E-state index is 11.8. The van der Waals surface area contributed by atoms with E-state index in [0.29, 0.717) is 13.0 Å². The highest BCUT2D eigenvalue weighted by atomic mass is 32.1. The number of thiophene rings is 1. The van der Waals surface area contributed by atoms with E-state index in [1.807, 2.05) is 36.4 Å². The van der Waals surface area contributed by atoms with E-state index < -0.39 is 0 Å². The van der Waals surface area contributed by atoms with Crippen LogP contribution in [0.1, 0.15) is 11.3 Å². The van der Waals surface area contributed by atoms with Crippen LogP contribution in [0, 0.1) is 11.3 Å². The minimum atomic E-state index is -0.0834. The van der Waals surface area contributed by atoms with Crippen LogP contribution in [-0.2, 0) is 4.79 Å². The number of hydrogen-bond acceptors (Lipinski definition) is 3. The third-order valence-electron chi connectivity index (χ3n) is 3.01. The lowest BCUT2D eigenvalue weighted by molar-refractivity contribution is -0.124. The van der Waals surface area contributed by atoms with E-state index in [9.17, 15) is 4.79 Å². The van der Waals surface area contributed by atoms with E-state index >= 15 is 0 Å². The predicted octanol–water partition coefficient (Wildman–Crippen LogP) is 3.80. The Bertz CT molecular complexity index is 668. The summed E-state index contributed by atoms with van der Waals surface area (Å²) in [5, 5.41) is 8.51. The summed E-state index contributed by atoms with van der Waals surface area (Å²) in [7, 11) is 1.70. The zero-order valence-corrected chi connectivity index (χ0v) is 12.6. The highest BCUT2D eigenvalue weighted by Crippen LogP contribution is 2.28. The molecule has 0 saturated carbocycles. The van der Waals surface area contributed by atoms with E-state index in [1.165, 1.54) is 10.4 Å². The second-order valence-corrected chi connectivity index (χ2v) is 5.68. The first kappa shape index (κ1) is 15.0. The number of nitrogens with zero attached hydrogens (tertiary/aromatic N) is 2. The minimum absolute atomic E-state index is 0.0834. The summed E-state index contributed by atoms with van der Waals surface area (Å²) in [6.07, 6.45) is 3.73. The van der Waals surface area contributed by atoms with Crippen molar-refractivity contribution in [2.75, 3.05) is 13.6 Å². The molecule has 0 bridgehead atoms. The Hall–Kier alpha value is -2.38. The van der Waals surface area contributed by atoms with Gasteiger partial charge >= 0.3 is 0 Å². The molecule has 2 aromatic rings. The minimum Gasteiger partial charge on any atom is -0.341 e. The molecule has 4 heteroatoms. The van der Waals surface area contributed by atoms with Crippen molar-refractivity contribution in [1.82, 2.24) is 4.90 Å². The molecule has 1 heterocycles. The molecule has 0 unspecified atom stereocenters. The van der Waals surface area contributed by atoms with Gasteiger partial charge in [0.2, 0.25) is 5.91 Å². The first-order valence-corrected chi connectivity index (χ1v) is 7.48. The van der Waals surface area contributed by atoms with Crippen molar-refractivity contribution in [2.45, 2.75) is 6.42 Å². The summed E-state index contributed by atoms with van der Waals surface area (Å²) >= 11 is 1.65. The van der Waals surface area contributed by atoms with Crippen LogP contribution >= 0.6 is 11.3 Å². The molecule has 0 fully saturated rings. The van der Waals surface area contributed by atoms with Crippen molar-refractivity contribution in [2.24, 2.45) is 0 Å². The van der Waals surface area contributed by atoms with E-state index in [2.05, 4.69) is 18.2 Å². The fraction of sp³-hybridized carbons (Fsp3) is 0.176. The molecule has 1 aromatic carbocycles.